The van der Waals surface area contributed by atoms with Crippen LogP contribution in [0.25, 0.3) is 259 Å². The maximum atomic E-state index is 6.33. The summed E-state index contributed by atoms with van der Waals surface area (Å²) >= 11 is 0. The van der Waals surface area contributed by atoms with E-state index in [2.05, 4.69) is 422 Å². The largest absolute Gasteiger partial charge is 0.456 e. The molecule has 634 valence electrons. The van der Waals surface area contributed by atoms with Crippen molar-refractivity contribution in [2.45, 2.75) is 20.3 Å². The fourth-order valence-electron chi connectivity index (χ4n) is 21.4. The molecule has 9 heteroatoms. The Morgan fingerprint density at radius 3 is 0.778 bits per heavy atom. The van der Waals surface area contributed by atoms with Crippen LogP contribution in [0.1, 0.15) is 18.6 Å². The Labute approximate surface area is 776 Å². The second-order valence-electron chi connectivity index (χ2n) is 34.9. The highest BCUT2D eigenvalue weighted by Crippen LogP contribution is 2.50. The molecular formula is C126H82N6O3. The second kappa shape index (κ2) is 32.1. The van der Waals surface area contributed by atoms with Gasteiger partial charge in [-0.25, -0.2) is 15.0 Å². The van der Waals surface area contributed by atoms with E-state index >= 15 is 0 Å². The lowest BCUT2D eigenvalue weighted by Gasteiger charge is -2.18. The Balaban J connectivity index is 0.000000106. The fraction of sp³-hybridized carbons (Fsp3) is 0.0238. The zero-order valence-electron chi connectivity index (χ0n) is 73.8. The van der Waals surface area contributed by atoms with Gasteiger partial charge in [-0.3, -0.25) is 13.7 Å². The van der Waals surface area contributed by atoms with Crippen molar-refractivity contribution in [3.05, 3.63) is 461 Å². The molecule has 0 aliphatic carbocycles. The van der Waals surface area contributed by atoms with Crippen molar-refractivity contribution in [3.63, 3.8) is 0 Å². The summed E-state index contributed by atoms with van der Waals surface area (Å²) < 4.78 is 25.7. The second-order valence-corrected chi connectivity index (χ2v) is 34.9. The van der Waals surface area contributed by atoms with Crippen molar-refractivity contribution >= 4 is 164 Å². The third-order valence-electron chi connectivity index (χ3n) is 27.3. The van der Waals surface area contributed by atoms with E-state index in [9.17, 15) is 0 Å². The molecule has 9 nitrogen and oxygen atoms in total. The summed E-state index contributed by atoms with van der Waals surface area (Å²) in [5.41, 5.74) is 30.7. The Hall–Kier alpha value is -17.8. The number of para-hydroxylation sites is 9. The van der Waals surface area contributed by atoms with Crippen LogP contribution < -0.4 is 0 Å². The molecule has 0 aliphatic heterocycles. The first-order valence-corrected chi connectivity index (χ1v) is 46.2. The van der Waals surface area contributed by atoms with Gasteiger partial charge < -0.3 is 13.3 Å². The summed E-state index contributed by atoms with van der Waals surface area (Å²) in [6.07, 6.45) is 0.868. The van der Waals surface area contributed by atoms with E-state index in [0.29, 0.717) is 0 Å². The van der Waals surface area contributed by atoms with E-state index in [-0.39, 0.29) is 0 Å². The molecule has 28 aromatic rings. The molecule has 28 rings (SSSR count). The van der Waals surface area contributed by atoms with E-state index in [1.165, 1.54) is 115 Å². The summed E-state index contributed by atoms with van der Waals surface area (Å²) in [5.74, 6) is 2.99. The van der Waals surface area contributed by atoms with Gasteiger partial charge in [0.2, 0.25) is 0 Å². The molecule has 0 fully saturated rings. The summed E-state index contributed by atoms with van der Waals surface area (Å²) in [4.78, 5) is 14.7. The third-order valence-corrected chi connectivity index (χ3v) is 27.3. The lowest BCUT2D eigenvalue weighted by molar-refractivity contribution is 0.668. The molecule has 0 bridgehead atoms. The number of imidazole rings is 3. The topological polar surface area (TPSA) is 92.9 Å². The Kier molecular flexibility index (Phi) is 18.6. The van der Waals surface area contributed by atoms with Gasteiger partial charge in [0, 0.05) is 61.4 Å². The SMILES string of the molecule is CCc1nc2ccccc2n1-c1ccc(-c2c3ccccc3c(-c3ccc4c(c3)oc3ccccc34)c3ccccc23)cc1.Cc1nc2ccccc2n1-c1ccc(-c2c3ccccc3c(-c3ccc4c(c3)oc3ccccc34)c3ccccc23)cc1.c1ccc(-c2nc3ccccc3n2-c2ccc(-c3c4ccccc4c(-c4ccc5c(c4)oc4ccccc45)c4ccccc34)cc2)cc1. The molecule has 0 saturated heterocycles. The standard InChI is InChI=1S/C45H28N2O.C41H28N2O.C40H26N2O/c1-2-12-30(13-3-1)45-46-39-19-9-10-20-40(39)47(45)32-25-22-29(23-26-32)43-35-15-4-6-17-37(35)44(38-18-7-5-16-36(38)43)31-24-27-34-33-14-8-11-21-41(33)48-42(34)28-31;1-2-39-42-35-16-8-9-17-36(35)43(39)28-22-19-26(20-23-28)40-31-12-3-5-14-33(31)41(34-15-6-4-13-32(34)40)27-21-24-30-29-11-7-10-18-37(29)44-38(30)25-27;1-25-41-35-15-7-8-16-36(35)42(25)28-21-18-26(19-22-28)39-31-11-2-4-13-33(31)40(34-14-5-3-12-32(34)39)27-20-23-30-29-10-6-9-17-37(29)43-38(30)24-27/h1-28H;3-25H,2H2,1H3;2-24H,1H3. The van der Waals surface area contributed by atoms with Gasteiger partial charge in [-0.05, 0) is 266 Å². The fourth-order valence-corrected chi connectivity index (χ4v) is 21.4. The first kappa shape index (κ1) is 78.3. The maximum Gasteiger partial charge on any atom is 0.145 e. The molecule has 0 atom stereocenters. The van der Waals surface area contributed by atoms with Gasteiger partial charge in [-0.2, -0.15) is 0 Å². The van der Waals surface area contributed by atoms with E-state index in [0.717, 1.165) is 162 Å². The minimum absolute atomic E-state index is 0.868. The van der Waals surface area contributed by atoms with Gasteiger partial charge in [0.1, 0.15) is 51.0 Å². The average molecular weight is 1730 g/mol. The van der Waals surface area contributed by atoms with Gasteiger partial charge in [0.05, 0.1) is 33.1 Å². The molecule has 0 radical (unpaired) electrons. The van der Waals surface area contributed by atoms with Crippen molar-refractivity contribution in [1.82, 2.24) is 28.7 Å². The number of rotatable bonds is 11. The number of furan rings is 3. The molecule has 0 amide bonds. The summed E-state index contributed by atoms with van der Waals surface area (Å²) in [5, 5.41) is 21.6. The lowest BCUT2D eigenvalue weighted by Crippen LogP contribution is -2.00. The van der Waals surface area contributed by atoms with E-state index in [1.54, 1.807) is 0 Å². The van der Waals surface area contributed by atoms with Crippen molar-refractivity contribution in [1.29, 1.82) is 0 Å². The zero-order chi connectivity index (χ0) is 89.3. The number of fused-ring (bicyclic) bond motifs is 18. The molecule has 0 aliphatic rings. The third kappa shape index (κ3) is 13.0. The van der Waals surface area contributed by atoms with Crippen LogP contribution in [-0.2, 0) is 6.42 Å². The number of aromatic nitrogens is 6. The monoisotopic (exact) mass is 1730 g/mol. The Morgan fingerprint density at radius 2 is 0.437 bits per heavy atom. The van der Waals surface area contributed by atoms with Crippen LogP contribution in [0.2, 0.25) is 0 Å². The average Bonchev–Trinajstić information content (AvgIpc) is 1.17. The minimum Gasteiger partial charge on any atom is -0.456 e. The van der Waals surface area contributed by atoms with Gasteiger partial charge in [-0.15, -0.1) is 0 Å². The Bertz CT molecular complexity index is 9450. The smallest absolute Gasteiger partial charge is 0.145 e. The highest BCUT2D eigenvalue weighted by molar-refractivity contribution is 6.26. The van der Waals surface area contributed by atoms with Crippen molar-refractivity contribution in [2.75, 3.05) is 0 Å². The van der Waals surface area contributed by atoms with Crippen LogP contribution in [0.3, 0.4) is 0 Å². The van der Waals surface area contributed by atoms with Crippen LogP contribution in [0.15, 0.2) is 462 Å². The number of nitrogens with zero attached hydrogens (tertiary/aromatic N) is 6. The molecule has 22 aromatic carbocycles. The predicted molar refractivity (Wildman–Crippen MR) is 562 cm³/mol. The lowest BCUT2D eigenvalue weighted by atomic mass is 9.86. The van der Waals surface area contributed by atoms with Crippen LogP contribution in [0.5, 0.6) is 0 Å². The zero-order valence-corrected chi connectivity index (χ0v) is 73.8. The number of benzene rings is 22. The van der Waals surface area contributed by atoms with E-state index in [1.807, 2.05) is 54.6 Å². The number of hydrogen-bond acceptors (Lipinski definition) is 6. The molecule has 0 saturated carbocycles. The maximum absolute atomic E-state index is 6.33. The van der Waals surface area contributed by atoms with E-state index in [4.69, 9.17) is 28.2 Å². The molecule has 135 heavy (non-hydrogen) atoms. The first-order valence-electron chi connectivity index (χ1n) is 46.2. The normalized spacial score (nSPS) is 11.8. The van der Waals surface area contributed by atoms with Gasteiger partial charge in [-0.1, -0.05) is 328 Å². The molecule has 6 heterocycles. The van der Waals surface area contributed by atoms with Crippen LogP contribution >= 0.6 is 0 Å². The number of hydrogen-bond donors (Lipinski definition) is 0. The highest BCUT2D eigenvalue weighted by Gasteiger charge is 2.25. The molecule has 6 aromatic heterocycles. The molecular weight excluding hydrogens is 1650 g/mol. The highest BCUT2D eigenvalue weighted by atomic mass is 16.3. The van der Waals surface area contributed by atoms with Crippen LogP contribution in [-0.4, -0.2) is 28.7 Å². The summed E-state index contributed by atoms with van der Waals surface area (Å²) in [6, 6.07) is 160. The van der Waals surface area contributed by atoms with Gasteiger partial charge in [0.25, 0.3) is 0 Å². The van der Waals surface area contributed by atoms with Crippen LogP contribution in [0, 0.1) is 6.92 Å². The number of aryl methyl sites for hydroxylation is 2. The van der Waals surface area contributed by atoms with Crippen LogP contribution in [0.4, 0.5) is 0 Å². The van der Waals surface area contributed by atoms with Crippen molar-refractivity contribution in [2.24, 2.45) is 0 Å². The summed E-state index contributed by atoms with van der Waals surface area (Å²) in [7, 11) is 0. The first-order chi connectivity index (χ1) is 66.8. The molecule has 0 unspecified atom stereocenters. The molecule has 0 N–H and O–H groups in total. The predicted octanol–water partition coefficient (Wildman–Crippen LogP) is 34.2. The van der Waals surface area contributed by atoms with E-state index < -0.39 is 0 Å². The summed E-state index contributed by atoms with van der Waals surface area (Å²) in [6.45, 7) is 4.23. The molecule has 0 spiro atoms. The van der Waals surface area contributed by atoms with Crippen molar-refractivity contribution in [3.8, 4) is 95.2 Å². The quantitative estimate of drug-likeness (QED) is 0.120. The van der Waals surface area contributed by atoms with Crippen molar-refractivity contribution < 1.29 is 13.3 Å². The Morgan fingerprint density at radius 1 is 0.193 bits per heavy atom. The van der Waals surface area contributed by atoms with Gasteiger partial charge in [0.15, 0.2) is 0 Å². The van der Waals surface area contributed by atoms with Gasteiger partial charge >= 0.3 is 0 Å². The minimum atomic E-state index is 0.868.